The van der Waals surface area contributed by atoms with E-state index < -0.39 is 12.2 Å². The molecule has 0 aromatic heterocycles. The van der Waals surface area contributed by atoms with Gasteiger partial charge in [-0.2, -0.15) is 13.2 Å². The Morgan fingerprint density at radius 2 is 1.71 bits per heavy atom. The number of halogens is 3. The van der Waals surface area contributed by atoms with E-state index in [9.17, 15) is 13.2 Å². The van der Waals surface area contributed by atoms with E-state index >= 15 is 0 Å². The van der Waals surface area contributed by atoms with Gasteiger partial charge in [0.15, 0.2) is 0 Å². The minimum Gasteiger partial charge on any atom is -0.313 e. The second-order valence-electron chi connectivity index (χ2n) is 5.54. The molecular weight excluding hydrogens is 229 g/mol. The van der Waals surface area contributed by atoms with Crippen molar-refractivity contribution in [2.24, 2.45) is 11.8 Å². The molecule has 0 saturated carbocycles. The zero-order valence-corrected chi connectivity index (χ0v) is 10.2. The fraction of sp³-hybridized carbons (Fsp3) is 1.00. The van der Waals surface area contributed by atoms with Crippen molar-refractivity contribution in [3.63, 3.8) is 0 Å². The smallest absolute Gasteiger partial charge is 0.313 e. The van der Waals surface area contributed by atoms with E-state index in [2.05, 4.69) is 17.6 Å². The Kier molecular flexibility index (Phi) is 3.98. The molecule has 2 N–H and O–H groups in total. The SMILES string of the molecule is CC1CCC(C2CCC(C(F)(F)F)NC2)NC1. The Balaban J connectivity index is 1.79. The van der Waals surface area contributed by atoms with Gasteiger partial charge < -0.3 is 10.6 Å². The molecule has 4 atom stereocenters. The predicted molar refractivity (Wildman–Crippen MR) is 60.8 cm³/mol. The number of hydrogen-bond donors (Lipinski definition) is 2. The second kappa shape index (κ2) is 5.14. The van der Waals surface area contributed by atoms with Gasteiger partial charge in [0.1, 0.15) is 6.04 Å². The molecule has 2 aliphatic heterocycles. The lowest BCUT2D eigenvalue weighted by Crippen LogP contribution is -2.53. The molecule has 4 unspecified atom stereocenters. The first kappa shape index (κ1) is 13.1. The topological polar surface area (TPSA) is 24.1 Å². The Hall–Kier alpha value is -0.290. The summed E-state index contributed by atoms with van der Waals surface area (Å²) in [6.07, 6.45) is -0.883. The molecule has 2 heterocycles. The van der Waals surface area contributed by atoms with Crippen molar-refractivity contribution in [2.45, 2.75) is 50.9 Å². The first-order valence-electron chi connectivity index (χ1n) is 6.50. The number of rotatable bonds is 1. The minimum atomic E-state index is -4.08. The monoisotopic (exact) mass is 250 g/mol. The molecule has 5 heteroatoms. The van der Waals surface area contributed by atoms with Gasteiger partial charge >= 0.3 is 6.18 Å². The Morgan fingerprint density at radius 3 is 2.18 bits per heavy atom. The van der Waals surface area contributed by atoms with E-state index in [4.69, 9.17) is 0 Å². The first-order chi connectivity index (χ1) is 7.97. The van der Waals surface area contributed by atoms with Crippen LogP contribution in [0, 0.1) is 11.8 Å². The summed E-state index contributed by atoms with van der Waals surface area (Å²) in [5.41, 5.74) is 0. The summed E-state index contributed by atoms with van der Waals surface area (Å²) >= 11 is 0. The van der Waals surface area contributed by atoms with Crippen molar-refractivity contribution < 1.29 is 13.2 Å². The molecule has 0 amide bonds. The molecule has 0 aromatic carbocycles. The van der Waals surface area contributed by atoms with Gasteiger partial charge in [0.2, 0.25) is 0 Å². The lowest BCUT2D eigenvalue weighted by molar-refractivity contribution is -0.162. The normalized spacial score (nSPS) is 40.2. The van der Waals surface area contributed by atoms with Gasteiger partial charge in [-0.25, -0.2) is 0 Å². The van der Waals surface area contributed by atoms with Crippen molar-refractivity contribution in [3.05, 3.63) is 0 Å². The molecule has 100 valence electrons. The molecule has 2 aliphatic rings. The highest BCUT2D eigenvalue weighted by molar-refractivity contribution is 4.90. The Bertz CT molecular complexity index is 239. The average Bonchev–Trinajstić information content (AvgIpc) is 2.29. The van der Waals surface area contributed by atoms with Crippen LogP contribution in [0.3, 0.4) is 0 Å². The largest absolute Gasteiger partial charge is 0.403 e. The van der Waals surface area contributed by atoms with Gasteiger partial charge in [0.05, 0.1) is 0 Å². The van der Waals surface area contributed by atoms with Crippen LogP contribution in [0.2, 0.25) is 0 Å². The fourth-order valence-electron chi connectivity index (χ4n) is 2.92. The maximum absolute atomic E-state index is 12.5. The summed E-state index contributed by atoms with van der Waals surface area (Å²) < 4.78 is 37.5. The fourth-order valence-corrected chi connectivity index (χ4v) is 2.92. The van der Waals surface area contributed by atoms with Crippen molar-refractivity contribution in [1.82, 2.24) is 10.6 Å². The van der Waals surface area contributed by atoms with Gasteiger partial charge in [0.25, 0.3) is 0 Å². The third-order valence-corrected chi connectivity index (χ3v) is 4.12. The molecule has 17 heavy (non-hydrogen) atoms. The van der Waals surface area contributed by atoms with Crippen molar-refractivity contribution in [2.75, 3.05) is 13.1 Å². The zero-order chi connectivity index (χ0) is 12.5. The van der Waals surface area contributed by atoms with Crippen LogP contribution in [-0.2, 0) is 0 Å². The third-order valence-electron chi connectivity index (χ3n) is 4.12. The molecule has 2 rings (SSSR count). The summed E-state index contributed by atoms with van der Waals surface area (Å²) in [6.45, 7) is 3.71. The van der Waals surface area contributed by atoms with E-state index in [1.54, 1.807) is 0 Å². The highest BCUT2D eigenvalue weighted by Gasteiger charge is 2.42. The highest BCUT2D eigenvalue weighted by Crippen LogP contribution is 2.30. The Morgan fingerprint density at radius 1 is 0.941 bits per heavy atom. The molecule has 0 aromatic rings. The lowest BCUT2D eigenvalue weighted by atomic mass is 9.83. The molecule has 2 nitrogen and oxygen atoms in total. The van der Waals surface area contributed by atoms with Gasteiger partial charge in [-0.05, 0) is 44.1 Å². The van der Waals surface area contributed by atoms with Crippen LogP contribution in [-0.4, -0.2) is 31.3 Å². The standard InChI is InChI=1S/C12H21F3N2/c1-8-2-4-10(16-6-8)9-3-5-11(17-7-9)12(13,14)15/h8-11,16-17H,2-7H2,1H3. The van der Waals surface area contributed by atoms with Gasteiger partial charge in [-0.1, -0.05) is 6.92 Å². The predicted octanol–water partition coefficient (Wildman–Crippen LogP) is 2.31. The first-order valence-corrected chi connectivity index (χ1v) is 6.50. The number of piperidine rings is 2. The van der Waals surface area contributed by atoms with Gasteiger partial charge in [-0.15, -0.1) is 0 Å². The average molecular weight is 250 g/mol. The van der Waals surface area contributed by atoms with Gasteiger partial charge in [-0.3, -0.25) is 0 Å². The quantitative estimate of drug-likeness (QED) is 0.746. The van der Waals surface area contributed by atoms with E-state index in [1.807, 2.05) is 0 Å². The zero-order valence-electron chi connectivity index (χ0n) is 10.2. The third kappa shape index (κ3) is 3.35. The van der Waals surface area contributed by atoms with Crippen molar-refractivity contribution in [1.29, 1.82) is 0 Å². The van der Waals surface area contributed by atoms with Crippen LogP contribution in [0.5, 0.6) is 0 Å². The summed E-state index contributed by atoms with van der Waals surface area (Å²) in [4.78, 5) is 0. The van der Waals surface area contributed by atoms with Crippen LogP contribution in [0.15, 0.2) is 0 Å². The molecule has 2 saturated heterocycles. The number of hydrogen-bond acceptors (Lipinski definition) is 2. The summed E-state index contributed by atoms with van der Waals surface area (Å²) in [5.74, 6) is 1.06. The molecular formula is C12H21F3N2. The molecule has 0 spiro atoms. The minimum absolute atomic E-state index is 0.224. The maximum atomic E-state index is 12.5. The van der Waals surface area contributed by atoms with E-state index in [0.717, 1.165) is 13.0 Å². The molecule has 0 radical (unpaired) electrons. The van der Waals surface area contributed by atoms with Crippen LogP contribution in [0.4, 0.5) is 13.2 Å². The van der Waals surface area contributed by atoms with Crippen molar-refractivity contribution >= 4 is 0 Å². The van der Waals surface area contributed by atoms with E-state index in [1.165, 1.54) is 6.42 Å². The highest BCUT2D eigenvalue weighted by atomic mass is 19.4. The number of alkyl halides is 3. The van der Waals surface area contributed by atoms with Crippen LogP contribution >= 0.6 is 0 Å². The number of nitrogens with one attached hydrogen (secondary N) is 2. The van der Waals surface area contributed by atoms with E-state index in [0.29, 0.717) is 30.8 Å². The summed E-state index contributed by atoms with van der Waals surface area (Å²) in [7, 11) is 0. The van der Waals surface area contributed by atoms with Crippen LogP contribution in [0.1, 0.15) is 32.6 Å². The molecule has 0 bridgehead atoms. The second-order valence-corrected chi connectivity index (χ2v) is 5.54. The van der Waals surface area contributed by atoms with Gasteiger partial charge in [0, 0.05) is 12.6 Å². The summed E-state index contributed by atoms with van der Waals surface area (Å²) in [5, 5.41) is 6.12. The van der Waals surface area contributed by atoms with Crippen molar-refractivity contribution in [3.8, 4) is 0 Å². The van der Waals surface area contributed by atoms with E-state index in [-0.39, 0.29) is 6.42 Å². The van der Waals surface area contributed by atoms with Crippen LogP contribution < -0.4 is 10.6 Å². The maximum Gasteiger partial charge on any atom is 0.403 e. The summed E-state index contributed by atoms with van der Waals surface area (Å²) in [6, 6.07) is -0.880. The molecule has 2 fully saturated rings. The Labute approximate surface area is 100 Å². The van der Waals surface area contributed by atoms with Crippen LogP contribution in [0.25, 0.3) is 0 Å². The lowest BCUT2D eigenvalue weighted by Gasteiger charge is -2.38. The molecule has 0 aliphatic carbocycles.